The first-order valence-electron chi connectivity index (χ1n) is 3.31. The maximum atomic E-state index is 5.57. The fourth-order valence-electron chi connectivity index (χ4n) is 0.818. The molecule has 1 aliphatic heterocycles. The van der Waals surface area contributed by atoms with Gasteiger partial charge in [0.15, 0.2) is 0 Å². The topological polar surface area (TPSA) is 67.3 Å². The molecule has 0 aromatic heterocycles. The van der Waals surface area contributed by atoms with Crippen LogP contribution in [-0.4, -0.2) is 12.1 Å². The van der Waals surface area contributed by atoms with Gasteiger partial charge in [-0.15, -0.1) is 0 Å². The first-order valence-corrected chi connectivity index (χ1v) is 3.31. The van der Waals surface area contributed by atoms with E-state index in [4.69, 9.17) is 11.6 Å². The molecule has 0 spiro atoms. The van der Waals surface area contributed by atoms with Gasteiger partial charge in [-0.2, -0.15) is 0 Å². The Morgan fingerprint density at radius 3 is 2.73 bits per heavy atom. The second-order valence-corrected chi connectivity index (χ2v) is 2.17. The molecule has 0 amide bonds. The van der Waals surface area contributed by atoms with Gasteiger partial charge in [-0.05, 0) is 12.2 Å². The van der Waals surface area contributed by atoms with Gasteiger partial charge in [0.05, 0.1) is 11.4 Å². The van der Waals surface area contributed by atoms with Crippen LogP contribution < -0.4 is 16.9 Å². The average Bonchev–Trinajstić information content (AvgIpc) is 2.04. The molecule has 1 rings (SSSR count). The summed E-state index contributed by atoms with van der Waals surface area (Å²) >= 11 is 0. The van der Waals surface area contributed by atoms with Crippen LogP contribution in [-0.2, 0) is 0 Å². The molecule has 0 aromatic rings. The molecule has 11 heavy (non-hydrogen) atoms. The molecule has 0 aliphatic carbocycles. The van der Waals surface area contributed by atoms with Crippen LogP contribution in [0.1, 0.15) is 0 Å². The highest BCUT2D eigenvalue weighted by molar-refractivity contribution is 5.31. The number of hydrogen-bond acceptors (Lipinski definition) is 4. The summed E-state index contributed by atoms with van der Waals surface area (Å²) in [7, 11) is 1.83. The van der Waals surface area contributed by atoms with E-state index in [-0.39, 0.29) is 0 Å². The number of nitrogens with one attached hydrogen (secondary N) is 1. The Kier molecular flexibility index (Phi) is 2.18. The van der Waals surface area contributed by atoms with Crippen LogP contribution >= 0.6 is 0 Å². The maximum Gasteiger partial charge on any atom is 0.0724 e. The molecule has 0 unspecified atom stereocenters. The summed E-state index contributed by atoms with van der Waals surface area (Å²) in [6, 6.07) is 0. The van der Waals surface area contributed by atoms with E-state index in [1.807, 2.05) is 19.2 Å². The smallest absolute Gasteiger partial charge is 0.0724 e. The summed E-state index contributed by atoms with van der Waals surface area (Å²) in [5.41, 5.74) is 7.03. The molecule has 4 nitrogen and oxygen atoms in total. The normalized spacial score (nSPS) is 20.4. The van der Waals surface area contributed by atoms with Crippen LogP contribution in [0.2, 0.25) is 0 Å². The first kappa shape index (κ1) is 7.68. The minimum Gasteiger partial charge on any atom is -0.403 e. The van der Waals surface area contributed by atoms with E-state index in [1.54, 1.807) is 6.20 Å². The van der Waals surface area contributed by atoms with Crippen molar-refractivity contribution in [1.82, 2.24) is 10.3 Å². The van der Waals surface area contributed by atoms with Gasteiger partial charge in [0.2, 0.25) is 0 Å². The monoisotopic (exact) mass is 152 g/mol. The van der Waals surface area contributed by atoms with E-state index in [9.17, 15) is 0 Å². The quantitative estimate of drug-likeness (QED) is 0.447. The molecule has 0 radical (unpaired) electrons. The van der Waals surface area contributed by atoms with Crippen LogP contribution in [0, 0.1) is 0 Å². The molecule has 1 aliphatic rings. The minimum atomic E-state index is 0.781. The Morgan fingerprint density at radius 2 is 2.27 bits per heavy atom. The number of allylic oxidation sites excluding steroid dienone is 2. The number of nitrogens with zero attached hydrogens (tertiary/aromatic N) is 1. The van der Waals surface area contributed by atoms with Crippen LogP contribution in [0.5, 0.6) is 0 Å². The first-order chi connectivity index (χ1) is 5.27. The van der Waals surface area contributed by atoms with E-state index >= 15 is 0 Å². The van der Waals surface area contributed by atoms with Crippen LogP contribution in [0.15, 0.2) is 35.9 Å². The Balaban J connectivity index is 2.79. The van der Waals surface area contributed by atoms with Crippen molar-refractivity contribution in [2.45, 2.75) is 0 Å². The van der Waals surface area contributed by atoms with E-state index in [2.05, 4.69) is 5.32 Å². The molecule has 0 atom stereocenters. The Hall–Kier alpha value is -1.42. The van der Waals surface area contributed by atoms with Crippen LogP contribution in [0.4, 0.5) is 0 Å². The van der Waals surface area contributed by atoms with Gasteiger partial charge in [0.25, 0.3) is 0 Å². The predicted octanol–water partition coefficient (Wildman–Crippen LogP) is -0.407. The van der Waals surface area contributed by atoms with Crippen LogP contribution in [0.25, 0.3) is 0 Å². The standard InChI is InChI=1S/C7H12N4/c1-10-6-2-3-7(4-8)11(9)5-6/h2-5,10H,8-9H2,1H3/b7-4-. The van der Waals surface area contributed by atoms with Gasteiger partial charge in [-0.1, -0.05) is 0 Å². The fraction of sp³-hybridized carbons (Fsp3) is 0.143. The second kappa shape index (κ2) is 3.12. The van der Waals surface area contributed by atoms with Crippen LogP contribution in [0.3, 0.4) is 0 Å². The largest absolute Gasteiger partial charge is 0.403 e. The number of hydrazine groups is 1. The Bertz CT molecular complexity index is 227. The molecule has 60 valence electrons. The molecular formula is C7H12N4. The minimum absolute atomic E-state index is 0.781. The van der Waals surface area contributed by atoms with Crippen molar-refractivity contribution in [2.75, 3.05) is 7.05 Å². The van der Waals surface area contributed by atoms with Crippen molar-refractivity contribution in [2.24, 2.45) is 11.6 Å². The van der Waals surface area contributed by atoms with E-state index in [0.29, 0.717) is 0 Å². The van der Waals surface area contributed by atoms with Gasteiger partial charge in [-0.25, -0.2) is 5.84 Å². The highest BCUT2D eigenvalue weighted by Crippen LogP contribution is 2.09. The van der Waals surface area contributed by atoms with E-state index < -0.39 is 0 Å². The summed E-state index contributed by atoms with van der Waals surface area (Å²) in [5, 5.41) is 4.43. The van der Waals surface area contributed by atoms with E-state index in [0.717, 1.165) is 11.4 Å². The highest BCUT2D eigenvalue weighted by Gasteiger charge is 2.03. The van der Waals surface area contributed by atoms with Crippen molar-refractivity contribution in [3.8, 4) is 0 Å². The lowest BCUT2D eigenvalue weighted by atomic mass is 10.3. The lowest BCUT2D eigenvalue weighted by Gasteiger charge is -2.19. The zero-order valence-electron chi connectivity index (χ0n) is 6.41. The molecule has 0 saturated carbocycles. The average molecular weight is 152 g/mol. The Labute approximate surface area is 65.8 Å². The van der Waals surface area contributed by atoms with Crippen molar-refractivity contribution in [3.05, 3.63) is 35.9 Å². The molecule has 0 bridgehead atoms. The Morgan fingerprint density at radius 1 is 1.55 bits per heavy atom. The summed E-state index contributed by atoms with van der Waals surface area (Å²) in [6.45, 7) is 0. The van der Waals surface area contributed by atoms with Gasteiger partial charge in [0.1, 0.15) is 0 Å². The molecule has 0 saturated heterocycles. The molecule has 5 N–H and O–H groups in total. The molecule has 4 heteroatoms. The van der Waals surface area contributed by atoms with Crippen molar-refractivity contribution in [3.63, 3.8) is 0 Å². The SMILES string of the molecule is CNC1=CN(N)/C(=C\N)C=C1. The fourth-order valence-corrected chi connectivity index (χ4v) is 0.818. The summed E-state index contributed by atoms with van der Waals surface area (Å²) in [5.74, 6) is 5.57. The summed E-state index contributed by atoms with van der Waals surface area (Å²) in [4.78, 5) is 0. The third kappa shape index (κ3) is 1.53. The second-order valence-electron chi connectivity index (χ2n) is 2.17. The van der Waals surface area contributed by atoms with Gasteiger partial charge < -0.3 is 11.1 Å². The lowest BCUT2D eigenvalue weighted by molar-refractivity contribution is 0.495. The lowest BCUT2D eigenvalue weighted by Crippen LogP contribution is -2.28. The molecule has 0 fully saturated rings. The van der Waals surface area contributed by atoms with Gasteiger partial charge >= 0.3 is 0 Å². The summed E-state index contributed by atoms with van der Waals surface area (Å²) < 4.78 is 0. The van der Waals surface area contributed by atoms with Gasteiger partial charge in [0, 0.05) is 19.4 Å². The van der Waals surface area contributed by atoms with Crippen molar-refractivity contribution < 1.29 is 0 Å². The zero-order chi connectivity index (χ0) is 8.27. The number of hydrogen-bond donors (Lipinski definition) is 3. The van der Waals surface area contributed by atoms with Gasteiger partial charge in [-0.3, -0.25) is 5.01 Å². The number of rotatable bonds is 1. The molecular weight excluding hydrogens is 140 g/mol. The van der Waals surface area contributed by atoms with E-state index in [1.165, 1.54) is 11.2 Å². The number of likely N-dealkylation sites (N-methyl/N-ethyl adjacent to an activating group) is 1. The number of nitrogens with two attached hydrogens (primary N) is 2. The molecule has 1 heterocycles. The summed E-state index contributed by atoms with van der Waals surface area (Å²) in [6.07, 6.45) is 6.96. The third-order valence-corrected chi connectivity index (χ3v) is 1.47. The van der Waals surface area contributed by atoms with Crippen molar-refractivity contribution >= 4 is 0 Å². The maximum absolute atomic E-state index is 5.57. The molecule has 0 aromatic carbocycles. The predicted molar refractivity (Wildman–Crippen MR) is 44.6 cm³/mol. The highest BCUT2D eigenvalue weighted by atomic mass is 15.4. The zero-order valence-corrected chi connectivity index (χ0v) is 6.41. The third-order valence-electron chi connectivity index (χ3n) is 1.47. The van der Waals surface area contributed by atoms with Crippen molar-refractivity contribution in [1.29, 1.82) is 0 Å².